The number of aldehydes is 1. The molecular weight excluding hydrogens is 1020 g/mol. The highest BCUT2D eigenvalue weighted by atomic mass is 28.4. The van der Waals surface area contributed by atoms with Gasteiger partial charge in [0.15, 0.2) is 27.2 Å². The summed E-state index contributed by atoms with van der Waals surface area (Å²) in [6.07, 6.45) is 9.15. The SMILES string of the molecule is CCC1O[C@@H](OC2[C@H](O[C@H]3CCC4(C)C5CC=C6C7CC(C)(C)CC[C@]7(C(C)=O)C(OC)C[C@@]6(C)[C@@]5(C)CC[C@H]4[C@@]3(C)C=O)OC(Cc3ccccc3)[C@@H](C)[C@@H]2O[C@@H]2O[C@@H](C)[C@H](C)C(C)C2C)C(O[Si](CC)(CC)CC)[C@@H](C)[C@H]1C. The fourth-order valence-electron chi connectivity index (χ4n) is 19.4. The molecule has 0 amide bonds. The van der Waals surface area contributed by atoms with Crippen LogP contribution < -0.4 is 0 Å². The van der Waals surface area contributed by atoms with Crippen LogP contribution in [0.4, 0.5) is 0 Å². The minimum Gasteiger partial charge on any atom is -0.408 e. The van der Waals surface area contributed by atoms with Crippen molar-refractivity contribution in [3.63, 3.8) is 0 Å². The van der Waals surface area contributed by atoms with E-state index in [9.17, 15) is 9.59 Å². The number of carbonyl (C=O) groups excluding carboxylic acids is 2. The fraction of sp³-hybridized carbons (Fsp3) is 0.855. The van der Waals surface area contributed by atoms with Crippen molar-refractivity contribution in [2.45, 2.75) is 281 Å². The van der Waals surface area contributed by atoms with Gasteiger partial charge in [0.25, 0.3) is 0 Å². The molecule has 1 aromatic rings. The minimum atomic E-state index is -2.16. The predicted octanol–water partition coefficient (Wildman–Crippen LogP) is 15.4. The smallest absolute Gasteiger partial charge is 0.192 e. The van der Waals surface area contributed by atoms with Gasteiger partial charge in [-0.05, 0) is 171 Å². The molecule has 4 saturated carbocycles. The van der Waals surface area contributed by atoms with E-state index in [4.69, 9.17) is 37.6 Å². The van der Waals surface area contributed by atoms with Crippen LogP contribution in [0.3, 0.4) is 0 Å². The molecule has 3 heterocycles. The van der Waals surface area contributed by atoms with Crippen LogP contribution in [-0.4, -0.2) is 95.2 Å². The molecule has 80 heavy (non-hydrogen) atoms. The second-order valence-electron chi connectivity index (χ2n) is 30.0. The van der Waals surface area contributed by atoms with Crippen molar-refractivity contribution in [3.05, 3.63) is 47.5 Å². The van der Waals surface area contributed by atoms with Crippen LogP contribution in [0.2, 0.25) is 18.1 Å². The van der Waals surface area contributed by atoms with Crippen molar-refractivity contribution in [1.29, 1.82) is 0 Å². The van der Waals surface area contributed by atoms with E-state index < -0.39 is 56.3 Å². The van der Waals surface area contributed by atoms with Gasteiger partial charge < -0.3 is 42.4 Å². The van der Waals surface area contributed by atoms with Crippen LogP contribution in [0.5, 0.6) is 0 Å². The monoisotopic (exact) mass is 1130 g/mol. The molecule has 3 saturated heterocycles. The largest absolute Gasteiger partial charge is 0.408 e. The first-order valence-corrected chi connectivity index (χ1v) is 35.1. The molecule has 11 heteroatoms. The van der Waals surface area contributed by atoms with Crippen molar-refractivity contribution in [1.82, 2.24) is 0 Å². The number of Topliss-reactive ketones (excluding diaryl/α,β-unsaturated/α-hetero) is 1. The summed E-state index contributed by atoms with van der Waals surface area (Å²) in [4.78, 5) is 28.7. The Morgan fingerprint density at radius 2 is 1.31 bits per heavy atom. The first kappa shape index (κ1) is 62.7. The highest BCUT2D eigenvalue weighted by Gasteiger charge is 2.72. The Bertz CT molecular complexity index is 2330. The quantitative estimate of drug-likeness (QED) is 0.0648. The van der Waals surface area contributed by atoms with Crippen LogP contribution in [0.1, 0.15) is 194 Å². The molecule has 25 atom stereocenters. The van der Waals surface area contributed by atoms with Gasteiger partial charge in [0.2, 0.25) is 0 Å². The molecule has 0 aromatic heterocycles. The Balaban J connectivity index is 1.10. The van der Waals surface area contributed by atoms with Gasteiger partial charge in [-0.25, -0.2) is 0 Å². The van der Waals surface area contributed by atoms with E-state index in [2.05, 4.69) is 154 Å². The van der Waals surface area contributed by atoms with Crippen LogP contribution >= 0.6 is 0 Å². The minimum absolute atomic E-state index is 0.0132. The Morgan fingerprint density at radius 3 is 1.94 bits per heavy atom. The Labute approximate surface area is 486 Å². The molecular formula is C69H112O10Si. The lowest BCUT2D eigenvalue weighted by Gasteiger charge is -2.72. The van der Waals surface area contributed by atoms with E-state index in [0.29, 0.717) is 36.4 Å². The Hall–Kier alpha value is -1.80. The highest BCUT2D eigenvalue weighted by molar-refractivity contribution is 6.73. The van der Waals surface area contributed by atoms with Crippen molar-refractivity contribution in [2.75, 3.05) is 7.11 Å². The molecule has 7 fully saturated rings. The lowest BCUT2D eigenvalue weighted by molar-refractivity contribution is -0.382. The molecule has 0 N–H and O–H groups in total. The normalized spacial score (nSPS) is 48.4. The van der Waals surface area contributed by atoms with Crippen molar-refractivity contribution < 1.29 is 47.2 Å². The van der Waals surface area contributed by atoms with Gasteiger partial charge in [0.05, 0.1) is 53.6 Å². The lowest BCUT2D eigenvalue weighted by Crippen LogP contribution is -2.68. The van der Waals surface area contributed by atoms with Gasteiger partial charge in [0.1, 0.15) is 18.2 Å². The number of methoxy groups -OCH3 is 1. The van der Waals surface area contributed by atoms with Crippen LogP contribution in [0, 0.1) is 85.8 Å². The summed E-state index contributed by atoms with van der Waals surface area (Å²) in [7, 11) is -0.309. The maximum Gasteiger partial charge on any atom is 0.192 e. The van der Waals surface area contributed by atoms with Crippen LogP contribution in [0.25, 0.3) is 0 Å². The topological polar surface area (TPSA) is 108 Å². The summed E-state index contributed by atoms with van der Waals surface area (Å²) in [6, 6.07) is 13.7. The van der Waals surface area contributed by atoms with E-state index in [-0.39, 0.29) is 87.7 Å². The molecule has 1 aromatic carbocycles. The number of fused-ring (bicyclic) bond motifs is 7. The summed E-state index contributed by atoms with van der Waals surface area (Å²) in [6.45, 7) is 41.6. The number of rotatable bonds is 17. The van der Waals surface area contributed by atoms with Gasteiger partial charge in [0, 0.05) is 18.9 Å². The molecule has 452 valence electrons. The zero-order chi connectivity index (χ0) is 58.3. The van der Waals surface area contributed by atoms with Crippen LogP contribution in [0.15, 0.2) is 42.0 Å². The third-order valence-corrected chi connectivity index (χ3v) is 30.7. The molecule has 10 unspecified atom stereocenters. The molecule has 8 aliphatic rings. The number of hydrogen-bond acceptors (Lipinski definition) is 10. The number of benzene rings is 1. The maximum atomic E-state index is 14.6. The summed E-state index contributed by atoms with van der Waals surface area (Å²) < 4.78 is 58.9. The van der Waals surface area contributed by atoms with E-state index in [1.165, 1.54) is 17.4 Å². The second-order valence-corrected chi connectivity index (χ2v) is 34.7. The van der Waals surface area contributed by atoms with E-state index in [1.54, 1.807) is 0 Å². The van der Waals surface area contributed by atoms with Gasteiger partial charge in [-0.2, -0.15) is 0 Å². The van der Waals surface area contributed by atoms with Crippen LogP contribution in [-0.2, 0) is 53.6 Å². The molecule has 0 bridgehead atoms. The zero-order valence-electron chi connectivity index (χ0n) is 53.6. The standard InChI is InChI=1S/C69H112O10Si/c1-20-52-43(7)44(8)59(79-80(21-2,22-3)23-4)62(74-52)78-60-58(77-61-45(9)41(5)42(6)47(11)73-61)46(10)53(37-49-27-25-24-26-28-49)75-63(60)76-56-32-33-65(15)54(66(56,16)40-70)31-34-67(17)55(65)30-29-50-51-38-64(13,14)35-36-69(51,48(12)71)57(72-19)39-68(50,67)18/h24-29,40-47,51-63H,20-23,30-39H2,1-19H3/t41?,42-,43-,44+,45?,46-,47+,51?,52?,53?,54-,55?,56+,57?,58+,59?,60?,61+,62+,63+,65?,66-,67+,68-,69-/m1/s1. The van der Waals surface area contributed by atoms with E-state index >= 15 is 0 Å². The number of ketones is 1. The summed E-state index contributed by atoms with van der Waals surface area (Å²) >= 11 is 0. The predicted molar refractivity (Wildman–Crippen MR) is 320 cm³/mol. The lowest BCUT2D eigenvalue weighted by atomic mass is 9.33. The Morgan fingerprint density at radius 1 is 0.662 bits per heavy atom. The summed E-state index contributed by atoms with van der Waals surface area (Å²) in [5.74, 6) is 2.01. The number of carbonyl (C=O) groups is 2. The zero-order valence-corrected chi connectivity index (χ0v) is 54.6. The first-order valence-electron chi connectivity index (χ1n) is 32.6. The molecule has 0 spiro atoms. The molecule has 10 nitrogen and oxygen atoms in total. The van der Waals surface area contributed by atoms with Crippen molar-refractivity contribution in [2.24, 2.45) is 85.8 Å². The van der Waals surface area contributed by atoms with E-state index in [1.807, 2.05) is 14.0 Å². The highest BCUT2D eigenvalue weighted by Crippen LogP contribution is 2.76. The molecule has 0 radical (unpaired) electrons. The molecule has 9 rings (SSSR count). The summed E-state index contributed by atoms with van der Waals surface area (Å²) in [5, 5.41) is 0. The third-order valence-electron chi connectivity index (χ3n) is 26.1. The van der Waals surface area contributed by atoms with Crippen molar-refractivity contribution >= 4 is 20.4 Å². The average Bonchev–Trinajstić information content (AvgIpc) is 3.21. The average molecular weight is 1130 g/mol. The number of hydrogen-bond donors (Lipinski definition) is 0. The molecule has 3 aliphatic heterocycles. The third kappa shape index (κ3) is 10.3. The Kier molecular flexibility index (Phi) is 18.4. The van der Waals surface area contributed by atoms with Gasteiger partial charge >= 0.3 is 0 Å². The van der Waals surface area contributed by atoms with Gasteiger partial charge in [-0.15, -0.1) is 0 Å². The second kappa shape index (κ2) is 23.5. The van der Waals surface area contributed by atoms with Gasteiger partial charge in [-0.3, -0.25) is 4.79 Å². The van der Waals surface area contributed by atoms with Gasteiger partial charge in [-0.1, -0.05) is 153 Å². The van der Waals surface area contributed by atoms with E-state index in [0.717, 1.165) is 75.9 Å². The molecule has 5 aliphatic carbocycles. The van der Waals surface area contributed by atoms with Crippen molar-refractivity contribution in [3.8, 4) is 0 Å². The maximum absolute atomic E-state index is 14.6. The first-order chi connectivity index (χ1) is 37.7. The number of ether oxygens (including phenoxy) is 7. The fourth-order valence-corrected chi connectivity index (χ4v) is 22.3. The summed E-state index contributed by atoms with van der Waals surface area (Å²) in [5.41, 5.74) is 1.12. The number of allylic oxidation sites excluding steroid dienone is 2.